The number of benzene rings is 2. The molecule has 0 bridgehead atoms. The third-order valence-electron chi connectivity index (χ3n) is 4.14. The van der Waals surface area contributed by atoms with Crippen molar-refractivity contribution in [1.82, 2.24) is 9.73 Å². The molecule has 0 spiro atoms. The number of carbonyl (C=O) groups excluding carboxylic acids is 1. The van der Waals surface area contributed by atoms with Gasteiger partial charge in [-0.25, -0.2) is 4.83 Å². The Hall–Kier alpha value is -3.07. The summed E-state index contributed by atoms with van der Waals surface area (Å²) in [5.41, 5.74) is 2.08. The molecule has 1 N–H and O–H groups in total. The van der Waals surface area contributed by atoms with Crippen molar-refractivity contribution in [2.45, 2.75) is 25.7 Å². The second-order valence-electron chi connectivity index (χ2n) is 6.84. The van der Waals surface area contributed by atoms with E-state index in [1.807, 2.05) is 19.9 Å². The van der Waals surface area contributed by atoms with Gasteiger partial charge in [-0.3, -0.25) is 4.79 Å². The number of ether oxygens (including phenoxy) is 2. The minimum absolute atomic E-state index is 0.115. The first kappa shape index (κ1) is 23.2. The summed E-state index contributed by atoms with van der Waals surface area (Å²) in [6.07, 6.45) is 1.37. The lowest BCUT2D eigenvalue weighted by molar-refractivity contribution is -0.130. The number of nitrogens with one attached hydrogen (secondary N) is 1. The lowest BCUT2D eigenvalue weighted by Gasteiger charge is -2.14. The normalized spacial score (nSPS) is 11.4. The molecule has 30 heavy (non-hydrogen) atoms. The fraction of sp³-hybridized carbons (Fsp3) is 0.333. The highest BCUT2D eigenvalue weighted by atomic mass is 32.2. The van der Waals surface area contributed by atoms with Gasteiger partial charge in [0.1, 0.15) is 0 Å². The molecule has 2 aromatic carbocycles. The van der Waals surface area contributed by atoms with Crippen molar-refractivity contribution >= 4 is 22.1 Å². The molecule has 8 nitrogen and oxygen atoms in total. The monoisotopic (exact) mass is 433 g/mol. The van der Waals surface area contributed by atoms with E-state index in [0.717, 1.165) is 5.56 Å². The second-order valence-corrected chi connectivity index (χ2v) is 8.47. The van der Waals surface area contributed by atoms with Crippen LogP contribution in [0, 0.1) is 13.8 Å². The first-order valence-electron chi connectivity index (χ1n) is 9.36. The second kappa shape index (κ2) is 10.1. The fourth-order valence-corrected chi connectivity index (χ4v) is 3.60. The molecule has 0 saturated carbocycles. The van der Waals surface area contributed by atoms with Crippen molar-refractivity contribution in [1.29, 1.82) is 0 Å². The van der Waals surface area contributed by atoms with Crippen molar-refractivity contribution in [3.63, 3.8) is 0 Å². The first-order chi connectivity index (χ1) is 14.1. The third kappa shape index (κ3) is 6.21. The van der Waals surface area contributed by atoms with Crippen LogP contribution in [0.4, 0.5) is 0 Å². The van der Waals surface area contributed by atoms with Crippen molar-refractivity contribution in [3.05, 3.63) is 53.1 Å². The van der Waals surface area contributed by atoms with Gasteiger partial charge in [-0.15, -0.1) is 0 Å². The van der Waals surface area contributed by atoms with Crippen LogP contribution in [0.5, 0.6) is 11.5 Å². The highest BCUT2D eigenvalue weighted by molar-refractivity contribution is 7.89. The van der Waals surface area contributed by atoms with Gasteiger partial charge >= 0.3 is 0 Å². The summed E-state index contributed by atoms with van der Waals surface area (Å²) in [6, 6.07) is 10.2. The number of sulfonamides is 1. The van der Waals surface area contributed by atoms with Crippen molar-refractivity contribution in [2.75, 3.05) is 27.3 Å². The van der Waals surface area contributed by atoms with Gasteiger partial charge in [0, 0.05) is 14.1 Å². The van der Waals surface area contributed by atoms with E-state index < -0.39 is 10.0 Å². The van der Waals surface area contributed by atoms with Crippen LogP contribution in [0.1, 0.15) is 23.6 Å². The largest absolute Gasteiger partial charge is 0.490 e. The first-order valence-corrected chi connectivity index (χ1v) is 10.8. The van der Waals surface area contributed by atoms with Gasteiger partial charge < -0.3 is 14.4 Å². The average molecular weight is 434 g/mol. The van der Waals surface area contributed by atoms with E-state index in [0.29, 0.717) is 29.2 Å². The molecule has 0 saturated heterocycles. The van der Waals surface area contributed by atoms with Crippen LogP contribution in [-0.4, -0.2) is 52.7 Å². The van der Waals surface area contributed by atoms with Gasteiger partial charge in [-0.2, -0.15) is 13.5 Å². The fourth-order valence-electron chi connectivity index (χ4n) is 2.48. The number of aryl methyl sites for hydroxylation is 2. The summed E-state index contributed by atoms with van der Waals surface area (Å²) in [5.74, 6) is 0.675. The Labute approximate surface area is 177 Å². The van der Waals surface area contributed by atoms with E-state index in [9.17, 15) is 13.2 Å². The predicted octanol–water partition coefficient (Wildman–Crippen LogP) is 2.48. The van der Waals surface area contributed by atoms with Gasteiger partial charge in [-0.05, 0) is 61.7 Å². The molecule has 0 aliphatic heterocycles. The molecule has 162 valence electrons. The third-order valence-corrected chi connectivity index (χ3v) is 5.50. The number of nitrogens with zero attached hydrogens (tertiary/aromatic N) is 2. The summed E-state index contributed by atoms with van der Waals surface area (Å²) in [5, 5.41) is 3.87. The number of hydrazone groups is 1. The molecule has 0 radical (unpaired) electrons. The zero-order chi connectivity index (χ0) is 22.3. The predicted molar refractivity (Wildman–Crippen MR) is 116 cm³/mol. The van der Waals surface area contributed by atoms with Crippen LogP contribution in [0.2, 0.25) is 0 Å². The van der Waals surface area contributed by atoms with E-state index in [1.54, 1.807) is 51.4 Å². The van der Waals surface area contributed by atoms with Gasteiger partial charge in [0.25, 0.3) is 15.9 Å². The maximum Gasteiger partial charge on any atom is 0.276 e. The molecule has 0 fully saturated rings. The van der Waals surface area contributed by atoms with Crippen molar-refractivity contribution < 1.29 is 22.7 Å². The Morgan fingerprint density at radius 2 is 1.83 bits per heavy atom. The van der Waals surface area contributed by atoms with E-state index in [4.69, 9.17) is 9.47 Å². The molecule has 9 heteroatoms. The molecule has 0 aliphatic rings. The van der Waals surface area contributed by atoms with E-state index >= 15 is 0 Å². The van der Waals surface area contributed by atoms with Gasteiger partial charge in [0.05, 0.1) is 17.7 Å². The zero-order valence-electron chi connectivity index (χ0n) is 17.8. The number of hydrogen-bond donors (Lipinski definition) is 1. The van der Waals surface area contributed by atoms with Gasteiger partial charge in [0.2, 0.25) is 0 Å². The molecule has 0 aromatic heterocycles. The topological polar surface area (TPSA) is 97.3 Å². The van der Waals surface area contributed by atoms with Crippen molar-refractivity contribution in [3.8, 4) is 11.5 Å². The molecule has 0 heterocycles. The van der Waals surface area contributed by atoms with Crippen LogP contribution >= 0.6 is 0 Å². The molecule has 1 amide bonds. The standard InChI is InChI=1S/C21H27N3O5S/c1-6-28-19-12-17(9-10-18(19)29-14-21(25)24(4)5)13-22-23-30(26,27)20-11-15(2)7-8-16(20)3/h7-13,23H,6,14H2,1-5H3/b22-13+. The SMILES string of the molecule is CCOc1cc(/C=N/NS(=O)(=O)c2cc(C)ccc2C)ccc1OCC(=O)N(C)C. The number of likely N-dealkylation sites (N-methyl/N-ethyl adjacent to an activating group) is 1. The summed E-state index contributed by atoms with van der Waals surface area (Å²) in [4.78, 5) is 15.6. The Balaban J connectivity index is 2.15. The number of carbonyl (C=O) groups is 1. The number of rotatable bonds is 9. The average Bonchev–Trinajstić information content (AvgIpc) is 2.69. The van der Waals surface area contributed by atoms with Crippen LogP contribution in [-0.2, 0) is 14.8 Å². The van der Waals surface area contributed by atoms with Crippen LogP contribution in [0.3, 0.4) is 0 Å². The molecular weight excluding hydrogens is 406 g/mol. The lowest BCUT2D eigenvalue weighted by atomic mass is 10.2. The summed E-state index contributed by atoms with van der Waals surface area (Å²) in [6.45, 7) is 5.67. The Kier molecular flexibility index (Phi) is 7.82. The zero-order valence-corrected chi connectivity index (χ0v) is 18.6. The highest BCUT2D eigenvalue weighted by Gasteiger charge is 2.16. The minimum Gasteiger partial charge on any atom is -0.490 e. The summed E-state index contributed by atoms with van der Waals surface area (Å²) in [7, 11) is -0.491. The quantitative estimate of drug-likeness (QED) is 0.484. The summed E-state index contributed by atoms with van der Waals surface area (Å²) >= 11 is 0. The molecule has 0 unspecified atom stereocenters. The summed E-state index contributed by atoms with van der Waals surface area (Å²) < 4.78 is 36.1. The van der Waals surface area contributed by atoms with E-state index in [2.05, 4.69) is 9.93 Å². The molecule has 2 aromatic rings. The van der Waals surface area contributed by atoms with Crippen LogP contribution in [0.15, 0.2) is 46.4 Å². The Morgan fingerprint density at radius 1 is 1.10 bits per heavy atom. The highest BCUT2D eigenvalue weighted by Crippen LogP contribution is 2.28. The molecule has 0 aliphatic carbocycles. The Morgan fingerprint density at radius 3 is 2.50 bits per heavy atom. The lowest BCUT2D eigenvalue weighted by Crippen LogP contribution is -2.27. The number of amides is 1. The van der Waals surface area contributed by atoms with Crippen LogP contribution in [0.25, 0.3) is 0 Å². The molecular formula is C21H27N3O5S. The molecule has 2 rings (SSSR count). The van der Waals surface area contributed by atoms with Gasteiger partial charge in [0.15, 0.2) is 18.1 Å². The Bertz CT molecular complexity index is 1030. The van der Waals surface area contributed by atoms with Crippen molar-refractivity contribution in [2.24, 2.45) is 5.10 Å². The molecule has 0 atom stereocenters. The van der Waals surface area contributed by atoms with Gasteiger partial charge in [-0.1, -0.05) is 12.1 Å². The minimum atomic E-state index is -3.78. The number of hydrogen-bond acceptors (Lipinski definition) is 6. The van der Waals surface area contributed by atoms with E-state index in [1.165, 1.54) is 11.1 Å². The van der Waals surface area contributed by atoms with E-state index in [-0.39, 0.29) is 17.4 Å². The smallest absolute Gasteiger partial charge is 0.276 e. The van der Waals surface area contributed by atoms with Crippen LogP contribution < -0.4 is 14.3 Å². The maximum atomic E-state index is 12.5. The maximum absolute atomic E-state index is 12.5.